The molecule has 1 aromatic heterocycles. The normalized spacial score (nSPS) is 11.5. The minimum absolute atomic E-state index is 0.118. The monoisotopic (exact) mass is 335 g/mol. The second-order valence-electron chi connectivity index (χ2n) is 3.78. The van der Waals surface area contributed by atoms with Crippen LogP contribution < -0.4 is 0 Å². The molecule has 2 aromatic rings. The molecule has 0 saturated heterocycles. The van der Waals surface area contributed by atoms with E-state index in [2.05, 4.69) is 4.98 Å². The van der Waals surface area contributed by atoms with Gasteiger partial charge in [0.1, 0.15) is 5.82 Å². The van der Waals surface area contributed by atoms with Crippen LogP contribution in [0, 0.1) is 5.82 Å². The van der Waals surface area contributed by atoms with Gasteiger partial charge in [0.05, 0.1) is 21.4 Å². The number of carbonyl (C=O) groups is 1. The van der Waals surface area contributed by atoms with E-state index in [1.807, 2.05) is 0 Å². The summed E-state index contributed by atoms with van der Waals surface area (Å²) < 4.78 is 37.2. The zero-order chi connectivity index (χ0) is 14.9. The van der Waals surface area contributed by atoms with Crippen molar-refractivity contribution >= 4 is 38.7 Å². The fraction of sp³-hybridized carbons (Fsp3) is 0.0909. The second-order valence-corrected chi connectivity index (χ2v) is 7.04. The quantitative estimate of drug-likeness (QED) is 0.868. The van der Waals surface area contributed by atoms with E-state index in [1.54, 1.807) is 0 Å². The Labute approximate surface area is 122 Å². The summed E-state index contributed by atoms with van der Waals surface area (Å²) in [6.07, 6.45) is 0. The molecule has 1 heterocycles. The van der Waals surface area contributed by atoms with Gasteiger partial charge in [0.25, 0.3) is 0 Å². The van der Waals surface area contributed by atoms with Crippen LogP contribution >= 0.6 is 22.9 Å². The highest BCUT2D eigenvalue weighted by Gasteiger charge is 2.19. The molecule has 0 amide bonds. The van der Waals surface area contributed by atoms with Crippen LogP contribution in [0.25, 0.3) is 0 Å². The van der Waals surface area contributed by atoms with Crippen molar-refractivity contribution in [1.82, 2.24) is 4.98 Å². The fourth-order valence-corrected chi connectivity index (χ4v) is 3.70. The Morgan fingerprint density at radius 1 is 1.45 bits per heavy atom. The molecule has 0 spiro atoms. The predicted octanol–water partition coefficient (Wildman–Crippen LogP) is 2.61. The lowest BCUT2D eigenvalue weighted by Gasteiger charge is -2.03. The highest BCUT2D eigenvalue weighted by atomic mass is 35.5. The van der Waals surface area contributed by atoms with Gasteiger partial charge in [-0.3, -0.25) is 0 Å². The maximum Gasteiger partial charge on any atom is 0.365 e. The summed E-state index contributed by atoms with van der Waals surface area (Å²) in [6, 6.07) is 3.07. The molecule has 0 bridgehead atoms. The Hall–Kier alpha value is -1.51. The molecule has 0 fully saturated rings. The second kappa shape index (κ2) is 5.47. The summed E-state index contributed by atoms with van der Waals surface area (Å²) in [5.74, 6) is -2.41. The number of benzene rings is 1. The predicted molar refractivity (Wildman–Crippen MR) is 71.4 cm³/mol. The maximum atomic E-state index is 13.0. The number of aromatic carboxylic acids is 1. The lowest BCUT2D eigenvalue weighted by molar-refractivity contribution is 0.0696. The molecule has 1 N–H and O–H groups in total. The molecule has 106 valence electrons. The summed E-state index contributed by atoms with van der Waals surface area (Å²) in [4.78, 5) is 14.2. The third-order valence-electron chi connectivity index (χ3n) is 2.32. The Morgan fingerprint density at radius 2 is 2.15 bits per heavy atom. The number of carboxylic acid groups (broad SMARTS) is 1. The van der Waals surface area contributed by atoms with Crippen molar-refractivity contribution in [3.63, 3.8) is 0 Å². The highest BCUT2D eigenvalue weighted by Crippen LogP contribution is 2.23. The number of carboxylic acids is 1. The molecule has 0 aliphatic heterocycles. The van der Waals surface area contributed by atoms with Gasteiger partial charge in [-0.1, -0.05) is 11.6 Å². The van der Waals surface area contributed by atoms with Crippen molar-refractivity contribution in [2.24, 2.45) is 0 Å². The molecule has 0 aliphatic rings. The first-order valence-electron chi connectivity index (χ1n) is 5.15. The standard InChI is InChI=1S/C11H7ClFNO4S2/c12-8-3-7(1-2-9(8)13)20(17,18)5-6-4-19-10(14-6)11(15)16/h1-4H,5H2,(H,15,16). The van der Waals surface area contributed by atoms with Crippen LogP contribution in [0.5, 0.6) is 0 Å². The van der Waals surface area contributed by atoms with Gasteiger partial charge in [0.2, 0.25) is 5.01 Å². The minimum atomic E-state index is -3.76. The van der Waals surface area contributed by atoms with Crippen molar-refractivity contribution in [3.05, 3.63) is 45.1 Å². The maximum absolute atomic E-state index is 13.0. The van der Waals surface area contributed by atoms with Crippen LogP contribution in [-0.2, 0) is 15.6 Å². The zero-order valence-electron chi connectivity index (χ0n) is 9.71. The molecular formula is C11H7ClFNO4S2. The van der Waals surface area contributed by atoms with Crippen LogP contribution in [0.1, 0.15) is 15.5 Å². The van der Waals surface area contributed by atoms with Crippen LogP contribution in [0.15, 0.2) is 28.5 Å². The van der Waals surface area contributed by atoms with E-state index in [4.69, 9.17) is 16.7 Å². The average Bonchev–Trinajstić information content (AvgIpc) is 2.80. The van der Waals surface area contributed by atoms with Crippen molar-refractivity contribution in [3.8, 4) is 0 Å². The number of nitrogens with zero attached hydrogens (tertiary/aromatic N) is 1. The number of rotatable bonds is 4. The van der Waals surface area contributed by atoms with Crippen molar-refractivity contribution < 1.29 is 22.7 Å². The molecule has 2 rings (SSSR count). The van der Waals surface area contributed by atoms with E-state index < -0.39 is 27.4 Å². The topological polar surface area (TPSA) is 84.3 Å². The Kier molecular flexibility index (Phi) is 4.07. The first kappa shape index (κ1) is 14.9. The molecule has 20 heavy (non-hydrogen) atoms. The van der Waals surface area contributed by atoms with Gasteiger partial charge in [-0.25, -0.2) is 22.6 Å². The van der Waals surface area contributed by atoms with E-state index in [9.17, 15) is 17.6 Å². The highest BCUT2D eigenvalue weighted by molar-refractivity contribution is 7.90. The van der Waals surface area contributed by atoms with E-state index in [0.29, 0.717) is 0 Å². The SMILES string of the molecule is O=C(O)c1nc(CS(=O)(=O)c2ccc(F)c(Cl)c2)cs1. The van der Waals surface area contributed by atoms with Crippen LogP contribution in [0.2, 0.25) is 5.02 Å². The van der Waals surface area contributed by atoms with Crippen LogP contribution in [0.4, 0.5) is 4.39 Å². The lowest BCUT2D eigenvalue weighted by Crippen LogP contribution is -2.06. The summed E-state index contributed by atoms with van der Waals surface area (Å²) in [5.41, 5.74) is 0.118. The number of sulfone groups is 1. The van der Waals surface area contributed by atoms with Gasteiger partial charge in [-0.2, -0.15) is 0 Å². The third-order valence-corrected chi connectivity index (χ3v) is 5.14. The molecule has 5 nitrogen and oxygen atoms in total. The number of hydrogen-bond acceptors (Lipinski definition) is 5. The van der Waals surface area contributed by atoms with Crippen LogP contribution in [-0.4, -0.2) is 24.5 Å². The number of thiazole rings is 1. The molecule has 0 aliphatic carbocycles. The van der Waals surface area contributed by atoms with Gasteiger partial charge >= 0.3 is 5.97 Å². The van der Waals surface area contributed by atoms with Crippen molar-refractivity contribution in [1.29, 1.82) is 0 Å². The van der Waals surface area contributed by atoms with Gasteiger partial charge in [-0.05, 0) is 18.2 Å². The van der Waals surface area contributed by atoms with Crippen LogP contribution in [0.3, 0.4) is 0 Å². The van der Waals surface area contributed by atoms with E-state index in [0.717, 1.165) is 29.5 Å². The molecule has 0 unspecified atom stereocenters. The molecule has 0 atom stereocenters. The summed E-state index contributed by atoms with van der Waals surface area (Å²) in [5, 5.41) is 9.59. The first-order valence-corrected chi connectivity index (χ1v) is 8.06. The minimum Gasteiger partial charge on any atom is -0.476 e. The number of aromatic nitrogens is 1. The molecular weight excluding hydrogens is 329 g/mol. The summed E-state index contributed by atoms with van der Waals surface area (Å²) >= 11 is 6.38. The largest absolute Gasteiger partial charge is 0.476 e. The average molecular weight is 336 g/mol. The first-order chi connectivity index (χ1) is 9.29. The van der Waals surface area contributed by atoms with Gasteiger partial charge in [-0.15, -0.1) is 11.3 Å². The van der Waals surface area contributed by atoms with Crippen molar-refractivity contribution in [2.75, 3.05) is 0 Å². The Morgan fingerprint density at radius 3 is 2.70 bits per heavy atom. The summed E-state index contributed by atoms with van der Waals surface area (Å²) in [7, 11) is -3.76. The van der Waals surface area contributed by atoms with Crippen molar-refractivity contribution in [2.45, 2.75) is 10.6 Å². The van der Waals surface area contributed by atoms with E-state index in [1.165, 1.54) is 5.38 Å². The molecule has 0 radical (unpaired) electrons. The molecule has 1 aromatic carbocycles. The summed E-state index contributed by atoms with van der Waals surface area (Å²) in [6.45, 7) is 0. The van der Waals surface area contributed by atoms with E-state index >= 15 is 0 Å². The molecule has 9 heteroatoms. The molecule has 0 saturated carbocycles. The van der Waals surface area contributed by atoms with Gasteiger partial charge in [0, 0.05) is 5.38 Å². The Bertz CT molecular complexity index is 772. The smallest absolute Gasteiger partial charge is 0.365 e. The number of hydrogen-bond donors (Lipinski definition) is 1. The third kappa shape index (κ3) is 3.14. The van der Waals surface area contributed by atoms with Gasteiger partial charge < -0.3 is 5.11 Å². The lowest BCUT2D eigenvalue weighted by atomic mass is 10.3. The fourth-order valence-electron chi connectivity index (χ4n) is 1.42. The van der Waals surface area contributed by atoms with Gasteiger partial charge in [0.15, 0.2) is 9.84 Å². The number of halogens is 2. The zero-order valence-corrected chi connectivity index (χ0v) is 12.1. The Balaban J connectivity index is 2.30. The van der Waals surface area contributed by atoms with E-state index in [-0.39, 0.29) is 20.6 Å².